The van der Waals surface area contributed by atoms with Crippen LogP contribution in [0.1, 0.15) is 25.0 Å². The molecule has 1 aliphatic carbocycles. The Kier molecular flexibility index (Phi) is 2.90. The van der Waals surface area contributed by atoms with Gasteiger partial charge in [-0.1, -0.05) is 25.0 Å². The molecular weight excluding hydrogens is 222 g/mol. The van der Waals surface area contributed by atoms with Crippen molar-refractivity contribution in [2.75, 3.05) is 18.5 Å². The molecule has 3 rings (SSSR count). The second kappa shape index (κ2) is 4.56. The Morgan fingerprint density at radius 3 is 2.50 bits per heavy atom. The molecule has 1 aromatic heterocycles. The Morgan fingerprint density at radius 2 is 1.83 bits per heavy atom. The average molecular weight is 241 g/mol. The number of benzene rings is 1. The molecule has 1 aromatic carbocycles. The Bertz CT molecular complexity index is 561. The van der Waals surface area contributed by atoms with Gasteiger partial charge >= 0.3 is 0 Å². The summed E-state index contributed by atoms with van der Waals surface area (Å²) in [6.07, 6.45) is 4.11. The Hall–Kier alpha value is -1.64. The SMILES string of the molecule is Cc1nc2ccccc2nc1N(C)CCC1CC1. The predicted octanol–water partition coefficient (Wildman–Crippen LogP) is 3.17. The molecule has 1 saturated carbocycles. The number of aromatic nitrogens is 2. The number of para-hydroxylation sites is 2. The fourth-order valence-corrected chi connectivity index (χ4v) is 2.33. The van der Waals surface area contributed by atoms with Crippen LogP contribution in [0.3, 0.4) is 0 Å². The van der Waals surface area contributed by atoms with E-state index in [1.54, 1.807) is 0 Å². The number of aryl methyl sites for hydroxylation is 1. The predicted molar refractivity (Wildman–Crippen MR) is 74.9 cm³/mol. The van der Waals surface area contributed by atoms with E-state index in [1.165, 1.54) is 19.3 Å². The highest BCUT2D eigenvalue weighted by Gasteiger charge is 2.21. The van der Waals surface area contributed by atoms with Crippen LogP contribution in [0.4, 0.5) is 5.82 Å². The van der Waals surface area contributed by atoms with Gasteiger partial charge in [0.1, 0.15) is 0 Å². The molecule has 0 N–H and O–H groups in total. The van der Waals surface area contributed by atoms with Gasteiger partial charge in [0, 0.05) is 13.6 Å². The summed E-state index contributed by atoms with van der Waals surface area (Å²) < 4.78 is 0. The van der Waals surface area contributed by atoms with Gasteiger partial charge in [-0.05, 0) is 31.4 Å². The van der Waals surface area contributed by atoms with E-state index >= 15 is 0 Å². The Balaban J connectivity index is 1.87. The largest absolute Gasteiger partial charge is 0.358 e. The third kappa shape index (κ3) is 2.30. The summed E-state index contributed by atoms with van der Waals surface area (Å²) in [5, 5.41) is 0. The Labute approximate surface area is 108 Å². The molecule has 2 aromatic rings. The highest BCUT2D eigenvalue weighted by Crippen LogP contribution is 2.32. The van der Waals surface area contributed by atoms with Crippen LogP contribution in [0.2, 0.25) is 0 Å². The van der Waals surface area contributed by atoms with Gasteiger partial charge in [-0.3, -0.25) is 0 Å². The second-order valence-electron chi connectivity index (χ2n) is 5.27. The average Bonchev–Trinajstić information content (AvgIpc) is 3.19. The maximum atomic E-state index is 4.74. The van der Waals surface area contributed by atoms with Gasteiger partial charge in [-0.15, -0.1) is 0 Å². The van der Waals surface area contributed by atoms with Crippen LogP contribution >= 0.6 is 0 Å². The first-order valence-corrected chi connectivity index (χ1v) is 6.68. The van der Waals surface area contributed by atoms with Crippen molar-refractivity contribution in [3.8, 4) is 0 Å². The molecule has 0 saturated heterocycles. The maximum absolute atomic E-state index is 4.74. The topological polar surface area (TPSA) is 29.0 Å². The summed E-state index contributed by atoms with van der Waals surface area (Å²) in [7, 11) is 2.12. The van der Waals surface area contributed by atoms with Gasteiger partial charge < -0.3 is 4.90 Å². The molecule has 0 atom stereocenters. The molecule has 0 radical (unpaired) electrons. The summed E-state index contributed by atoms with van der Waals surface area (Å²) in [5.41, 5.74) is 2.98. The zero-order valence-corrected chi connectivity index (χ0v) is 11.1. The quantitative estimate of drug-likeness (QED) is 0.823. The van der Waals surface area contributed by atoms with E-state index in [-0.39, 0.29) is 0 Å². The van der Waals surface area contributed by atoms with Crippen molar-refractivity contribution in [3.63, 3.8) is 0 Å². The second-order valence-corrected chi connectivity index (χ2v) is 5.27. The van der Waals surface area contributed by atoms with Crippen LogP contribution in [0, 0.1) is 12.8 Å². The molecule has 0 bridgehead atoms. The zero-order valence-electron chi connectivity index (χ0n) is 11.1. The van der Waals surface area contributed by atoms with E-state index in [0.29, 0.717) is 0 Å². The van der Waals surface area contributed by atoms with Crippen LogP contribution in [0.25, 0.3) is 11.0 Å². The van der Waals surface area contributed by atoms with Crippen LogP contribution in [0.5, 0.6) is 0 Å². The lowest BCUT2D eigenvalue weighted by Gasteiger charge is -2.20. The minimum Gasteiger partial charge on any atom is -0.358 e. The van der Waals surface area contributed by atoms with Gasteiger partial charge in [0.05, 0.1) is 16.7 Å². The number of hydrogen-bond acceptors (Lipinski definition) is 3. The van der Waals surface area contributed by atoms with Crippen LogP contribution < -0.4 is 4.90 Å². The van der Waals surface area contributed by atoms with Gasteiger partial charge in [0.25, 0.3) is 0 Å². The highest BCUT2D eigenvalue weighted by molar-refractivity contribution is 5.76. The smallest absolute Gasteiger partial charge is 0.150 e. The molecule has 0 unspecified atom stereocenters. The van der Waals surface area contributed by atoms with Gasteiger partial charge in [-0.2, -0.15) is 0 Å². The van der Waals surface area contributed by atoms with E-state index in [4.69, 9.17) is 4.98 Å². The maximum Gasteiger partial charge on any atom is 0.150 e. The van der Waals surface area contributed by atoms with Crippen molar-refractivity contribution in [2.45, 2.75) is 26.2 Å². The number of rotatable bonds is 4. The molecule has 1 fully saturated rings. The minimum absolute atomic E-state index is 0.959. The van der Waals surface area contributed by atoms with E-state index in [1.807, 2.05) is 31.2 Å². The van der Waals surface area contributed by atoms with Gasteiger partial charge in [0.15, 0.2) is 5.82 Å². The Morgan fingerprint density at radius 1 is 1.17 bits per heavy atom. The van der Waals surface area contributed by atoms with Crippen molar-refractivity contribution >= 4 is 16.9 Å². The van der Waals surface area contributed by atoms with E-state index in [2.05, 4.69) is 16.9 Å². The fraction of sp³-hybridized carbons (Fsp3) is 0.467. The molecule has 3 heteroatoms. The van der Waals surface area contributed by atoms with Crippen molar-refractivity contribution < 1.29 is 0 Å². The monoisotopic (exact) mass is 241 g/mol. The third-order valence-corrected chi connectivity index (χ3v) is 3.65. The molecule has 1 aliphatic rings. The van der Waals surface area contributed by atoms with Crippen molar-refractivity contribution in [1.29, 1.82) is 0 Å². The van der Waals surface area contributed by atoms with E-state index in [0.717, 1.165) is 35.0 Å². The molecule has 0 spiro atoms. The van der Waals surface area contributed by atoms with Crippen LogP contribution in [-0.2, 0) is 0 Å². The van der Waals surface area contributed by atoms with Crippen LogP contribution in [-0.4, -0.2) is 23.6 Å². The zero-order chi connectivity index (χ0) is 12.5. The first-order valence-electron chi connectivity index (χ1n) is 6.68. The van der Waals surface area contributed by atoms with E-state index in [9.17, 15) is 0 Å². The summed E-state index contributed by atoms with van der Waals surface area (Å²) in [5.74, 6) is 1.98. The molecule has 1 heterocycles. The lowest BCUT2D eigenvalue weighted by Crippen LogP contribution is -2.21. The van der Waals surface area contributed by atoms with Gasteiger partial charge in [0.2, 0.25) is 0 Å². The van der Waals surface area contributed by atoms with E-state index < -0.39 is 0 Å². The number of fused-ring (bicyclic) bond motifs is 1. The molecule has 0 aliphatic heterocycles. The first-order chi connectivity index (χ1) is 8.74. The van der Waals surface area contributed by atoms with Crippen molar-refractivity contribution in [1.82, 2.24) is 9.97 Å². The molecule has 0 amide bonds. The summed E-state index contributed by atoms with van der Waals surface area (Å²) in [6.45, 7) is 3.13. The summed E-state index contributed by atoms with van der Waals surface area (Å²) in [4.78, 5) is 11.6. The normalized spacial score (nSPS) is 15.0. The van der Waals surface area contributed by atoms with Crippen molar-refractivity contribution in [2.24, 2.45) is 5.92 Å². The molecule has 3 nitrogen and oxygen atoms in total. The molecule has 18 heavy (non-hydrogen) atoms. The standard InChI is InChI=1S/C15H19N3/c1-11-15(18(2)10-9-12-7-8-12)17-14-6-4-3-5-13(14)16-11/h3-6,12H,7-10H2,1-2H3. The molecule has 94 valence electrons. The number of anilines is 1. The lowest BCUT2D eigenvalue weighted by atomic mass is 10.2. The first kappa shape index (κ1) is 11.5. The molecular formula is C15H19N3. The van der Waals surface area contributed by atoms with Crippen molar-refractivity contribution in [3.05, 3.63) is 30.0 Å². The van der Waals surface area contributed by atoms with Crippen LogP contribution in [0.15, 0.2) is 24.3 Å². The third-order valence-electron chi connectivity index (χ3n) is 3.65. The number of nitrogens with zero attached hydrogens (tertiary/aromatic N) is 3. The van der Waals surface area contributed by atoms with Gasteiger partial charge in [-0.25, -0.2) is 9.97 Å². The number of hydrogen-bond donors (Lipinski definition) is 0. The summed E-state index contributed by atoms with van der Waals surface area (Å²) in [6, 6.07) is 8.07. The summed E-state index contributed by atoms with van der Waals surface area (Å²) >= 11 is 0. The highest BCUT2D eigenvalue weighted by atomic mass is 15.2. The fourth-order valence-electron chi connectivity index (χ4n) is 2.33. The minimum atomic E-state index is 0.959. The lowest BCUT2D eigenvalue weighted by molar-refractivity contribution is 0.704.